The van der Waals surface area contributed by atoms with Crippen LogP contribution in [0.4, 0.5) is 0 Å². The van der Waals surface area contributed by atoms with Gasteiger partial charge in [0.2, 0.25) is 0 Å². The highest BCUT2D eigenvalue weighted by atomic mass is 16.7. The SMILES string of the molecule is C#C/C=C\C[C@H]1OCCC[C@@H]1OC(C)OCC. The monoisotopic (exact) mass is 238 g/mol. The summed E-state index contributed by atoms with van der Waals surface area (Å²) in [5.41, 5.74) is 0. The number of allylic oxidation sites excluding steroid dienone is 1. The van der Waals surface area contributed by atoms with Crippen LogP contribution in [0.25, 0.3) is 0 Å². The molecule has 1 aliphatic heterocycles. The van der Waals surface area contributed by atoms with E-state index < -0.39 is 0 Å². The van der Waals surface area contributed by atoms with Gasteiger partial charge in [-0.05, 0) is 39.2 Å². The molecule has 0 radical (unpaired) electrons. The molecule has 96 valence electrons. The summed E-state index contributed by atoms with van der Waals surface area (Å²) < 4.78 is 16.9. The van der Waals surface area contributed by atoms with Gasteiger partial charge in [0.1, 0.15) is 0 Å². The Kier molecular flexibility index (Phi) is 6.95. The first-order chi connectivity index (χ1) is 8.27. The molecule has 0 saturated carbocycles. The lowest BCUT2D eigenvalue weighted by atomic mass is 10.0. The molecule has 17 heavy (non-hydrogen) atoms. The van der Waals surface area contributed by atoms with Gasteiger partial charge < -0.3 is 14.2 Å². The van der Waals surface area contributed by atoms with Gasteiger partial charge in [-0.15, -0.1) is 6.42 Å². The average Bonchev–Trinajstić information content (AvgIpc) is 2.32. The van der Waals surface area contributed by atoms with Gasteiger partial charge in [-0.25, -0.2) is 0 Å². The van der Waals surface area contributed by atoms with Crippen molar-refractivity contribution in [3.05, 3.63) is 12.2 Å². The Morgan fingerprint density at radius 2 is 2.41 bits per heavy atom. The van der Waals surface area contributed by atoms with E-state index in [1.165, 1.54) is 0 Å². The van der Waals surface area contributed by atoms with Crippen LogP contribution in [0.2, 0.25) is 0 Å². The van der Waals surface area contributed by atoms with Gasteiger partial charge in [-0.1, -0.05) is 12.0 Å². The Hall–Kier alpha value is -0.820. The van der Waals surface area contributed by atoms with Gasteiger partial charge in [0.25, 0.3) is 0 Å². The number of terminal acetylenes is 1. The summed E-state index contributed by atoms with van der Waals surface area (Å²) in [6, 6.07) is 0. The van der Waals surface area contributed by atoms with Gasteiger partial charge in [0.05, 0.1) is 12.2 Å². The number of hydrogen-bond donors (Lipinski definition) is 0. The van der Waals surface area contributed by atoms with E-state index >= 15 is 0 Å². The quantitative estimate of drug-likeness (QED) is 0.525. The van der Waals surface area contributed by atoms with Crippen LogP contribution < -0.4 is 0 Å². The Balaban J connectivity index is 2.42. The van der Waals surface area contributed by atoms with Crippen LogP contribution in [0.1, 0.15) is 33.1 Å². The Morgan fingerprint density at radius 3 is 3.12 bits per heavy atom. The standard InChI is InChI=1S/C14H22O3/c1-4-6-7-9-13-14(10-8-11-16-13)17-12(3)15-5-2/h1,6-7,12-14H,5,8-11H2,2-3H3/b7-6-/t12?,13-,14+/m1/s1. The van der Waals surface area contributed by atoms with Crippen molar-refractivity contribution in [2.45, 2.75) is 51.6 Å². The average molecular weight is 238 g/mol. The number of ether oxygens (including phenoxy) is 3. The smallest absolute Gasteiger partial charge is 0.155 e. The maximum absolute atomic E-state index is 5.84. The second kappa shape index (κ2) is 8.30. The number of rotatable bonds is 6. The van der Waals surface area contributed by atoms with E-state index in [1.807, 2.05) is 19.9 Å². The molecule has 3 heteroatoms. The molecular weight excluding hydrogens is 216 g/mol. The minimum absolute atomic E-state index is 0.0938. The Labute approximate surface area is 104 Å². The largest absolute Gasteiger partial charge is 0.375 e. The Morgan fingerprint density at radius 1 is 1.59 bits per heavy atom. The first-order valence-electron chi connectivity index (χ1n) is 6.27. The molecule has 0 aromatic rings. The van der Waals surface area contributed by atoms with Crippen molar-refractivity contribution >= 4 is 0 Å². The third-order valence-electron chi connectivity index (χ3n) is 2.73. The molecule has 1 fully saturated rings. The van der Waals surface area contributed by atoms with Crippen LogP contribution >= 0.6 is 0 Å². The van der Waals surface area contributed by atoms with E-state index in [9.17, 15) is 0 Å². The van der Waals surface area contributed by atoms with Gasteiger partial charge in [-0.2, -0.15) is 0 Å². The van der Waals surface area contributed by atoms with E-state index in [0.29, 0.717) is 6.61 Å². The first-order valence-corrected chi connectivity index (χ1v) is 6.27. The third-order valence-corrected chi connectivity index (χ3v) is 2.73. The lowest BCUT2D eigenvalue weighted by Gasteiger charge is -2.32. The van der Waals surface area contributed by atoms with Crippen LogP contribution in [0.3, 0.4) is 0 Å². The minimum atomic E-state index is -0.175. The zero-order valence-electron chi connectivity index (χ0n) is 10.7. The minimum Gasteiger partial charge on any atom is -0.375 e. The summed E-state index contributed by atoms with van der Waals surface area (Å²) >= 11 is 0. The molecule has 1 heterocycles. The molecule has 0 N–H and O–H groups in total. The maximum Gasteiger partial charge on any atom is 0.155 e. The number of hydrogen-bond acceptors (Lipinski definition) is 3. The fourth-order valence-electron chi connectivity index (χ4n) is 1.98. The maximum atomic E-state index is 5.84. The van der Waals surface area contributed by atoms with E-state index in [1.54, 1.807) is 6.08 Å². The fraction of sp³-hybridized carbons (Fsp3) is 0.714. The topological polar surface area (TPSA) is 27.7 Å². The van der Waals surface area contributed by atoms with E-state index in [4.69, 9.17) is 20.6 Å². The summed E-state index contributed by atoms with van der Waals surface area (Å²) in [6.45, 7) is 5.35. The van der Waals surface area contributed by atoms with Gasteiger partial charge >= 0.3 is 0 Å². The predicted molar refractivity (Wildman–Crippen MR) is 67.5 cm³/mol. The van der Waals surface area contributed by atoms with Crippen molar-refractivity contribution in [2.75, 3.05) is 13.2 Å². The highest BCUT2D eigenvalue weighted by Crippen LogP contribution is 2.21. The molecule has 1 unspecified atom stereocenters. The summed E-state index contributed by atoms with van der Waals surface area (Å²) in [7, 11) is 0. The van der Waals surface area contributed by atoms with Crippen LogP contribution in [0, 0.1) is 12.3 Å². The summed E-state index contributed by atoms with van der Waals surface area (Å²) in [6.07, 6.45) is 11.7. The van der Waals surface area contributed by atoms with Gasteiger partial charge in [0, 0.05) is 13.2 Å². The lowest BCUT2D eigenvalue weighted by molar-refractivity contribution is -0.201. The molecule has 3 nitrogen and oxygen atoms in total. The van der Waals surface area contributed by atoms with Crippen molar-refractivity contribution < 1.29 is 14.2 Å². The van der Waals surface area contributed by atoms with Crippen molar-refractivity contribution in [3.63, 3.8) is 0 Å². The predicted octanol–water partition coefficient (Wildman–Crippen LogP) is 2.51. The Bertz CT molecular complexity index is 267. The molecule has 0 aromatic heterocycles. The highest BCUT2D eigenvalue weighted by molar-refractivity contribution is 5.09. The van der Waals surface area contributed by atoms with E-state index in [2.05, 4.69) is 5.92 Å². The van der Waals surface area contributed by atoms with Crippen LogP contribution in [-0.2, 0) is 14.2 Å². The summed E-state index contributed by atoms with van der Waals surface area (Å²) in [5.74, 6) is 2.48. The zero-order chi connectivity index (χ0) is 12.5. The molecule has 0 bridgehead atoms. The van der Waals surface area contributed by atoms with Crippen molar-refractivity contribution in [3.8, 4) is 12.3 Å². The molecule has 0 spiro atoms. The summed E-state index contributed by atoms with van der Waals surface area (Å²) in [4.78, 5) is 0. The third kappa shape index (κ3) is 5.36. The fourth-order valence-corrected chi connectivity index (χ4v) is 1.98. The lowest BCUT2D eigenvalue weighted by Crippen LogP contribution is -2.38. The van der Waals surface area contributed by atoms with Crippen molar-refractivity contribution in [2.24, 2.45) is 0 Å². The van der Waals surface area contributed by atoms with Crippen LogP contribution in [0.15, 0.2) is 12.2 Å². The molecule has 0 aromatic carbocycles. The van der Waals surface area contributed by atoms with Crippen molar-refractivity contribution in [1.82, 2.24) is 0 Å². The molecule has 3 atom stereocenters. The first kappa shape index (κ1) is 14.2. The second-order valence-corrected chi connectivity index (χ2v) is 4.05. The van der Waals surface area contributed by atoms with Gasteiger partial charge in [-0.3, -0.25) is 0 Å². The molecule has 1 aliphatic rings. The molecule has 0 amide bonds. The highest BCUT2D eigenvalue weighted by Gasteiger charge is 2.27. The molecule has 0 aliphatic carbocycles. The molecular formula is C14H22O3. The van der Waals surface area contributed by atoms with E-state index in [0.717, 1.165) is 25.9 Å². The second-order valence-electron chi connectivity index (χ2n) is 4.05. The van der Waals surface area contributed by atoms with E-state index in [-0.39, 0.29) is 18.5 Å². The molecule has 1 rings (SSSR count). The summed E-state index contributed by atoms with van der Waals surface area (Å²) in [5, 5.41) is 0. The van der Waals surface area contributed by atoms with Crippen LogP contribution in [-0.4, -0.2) is 31.7 Å². The molecule has 1 saturated heterocycles. The normalized spacial score (nSPS) is 26.9. The zero-order valence-corrected chi connectivity index (χ0v) is 10.7. The van der Waals surface area contributed by atoms with Crippen LogP contribution in [0.5, 0.6) is 0 Å². The van der Waals surface area contributed by atoms with Gasteiger partial charge in [0.15, 0.2) is 6.29 Å². The van der Waals surface area contributed by atoms with Crippen molar-refractivity contribution in [1.29, 1.82) is 0 Å².